The second-order valence-corrected chi connectivity index (χ2v) is 4.73. The molecular formula is C16H25NO3. The molecule has 1 aromatic carbocycles. The van der Waals surface area contributed by atoms with Crippen LogP contribution in [0.3, 0.4) is 0 Å². The van der Waals surface area contributed by atoms with Crippen molar-refractivity contribution in [3.63, 3.8) is 0 Å². The standard InChI is InChI=1S/C16H25NO3/c1-3-4-5-6-11-19-12-13-20-16-9-7-15(8-10-16)17-14(2)18/h7-10H,3-6,11-13H2,1-2H3,(H,17,18). The minimum atomic E-state index is -0.0739. The molecule has 0 atom stereocenters. The summed E-state index contributed by atoms with van der Waals surface area (Å²) in [6.45, 7) is 5.66. The summed E-state index contributed by atoms with van der Waals surface area (Å²) in [5.41, 5.74) is 0.775. The highest BCUT2D eigenvalue weighted by molar-refractivity contribution is 5.88. The van der Waals surface area contributed by atoms with Crippen molar-refractivity contribution in [3.05, 3.63) is 24.3 Å². The lowest BCUT2D eigenvalue weighted by atomic mass is 10.2. The minimum absolute atomic E-state index is 0.0739. The molecule has 0 spiro atoms. The van der Waals surface area contributed by atoms with Gasteiger partial charge in [0.1, 0.15) is 12.4 Å². The van der Waals surface area contributed by atoms with Crippen molar-refractivity contribution in [2.75, 3.05) is 25.1 Å². The van der Waals surface area contributed by atoms with E-state index in [4.69, 9.17) is 9.47 Å². The highest BCUT2D eigenvalue weighted by atomic mass is 16.5. The molecule has 1 amide bonds. The molecule has 0 heterocycles. The summed E-state index contributed by atoms with van der Waals surface area (Å²) in [7, 11) is 0. The maximum absolute atomic E-state index is 10.9. The first-order valence-corrected chi connectivity index (χ1v) is 7.30. The summed E-state index contributed by atoms with van der Waals surface area (Å²) >= 11 is 0. The number of unbranched alkanes of at least 4 members (excludes halogenated alkanes) is 3. The van der Waals surface area contributed by atoms with Crippen molar-refractivity contribution in [3.8, 4) is 5.75 Å². The van der Waals surface area contributed by atoms with E-state index in [2.05, 4.69) is 12.2 Å². The van der Waals surface area contributed by atoms with Crippen LogP contribution in [0.1, 0.15) is 39.5 Å². The van der Waals surface area contributed by atoms with Gasteiger partial charge in [-0.2, -0.15) is 0 Å². The van der Waals surface area contributed by atoms with Crippen molar-refractivity contribution < 1.29 is 14.3 Å². The Bertz CT molecular complexity index is 376. The number of ether oxygens (including phenoxy) is 2. The number of anilines is 1. The quantitative estimate of drug-likeness (QED) is 0.665. The first-order chi connectivity index (χ1) is 9.72. The fourth-order valence-corrected chi connectivity index (χ4v) is 1.79. The van der Waals surface area contributed by atoms with Gasteiger partial charge in [-0.3, -0.25) is 4.79 Å². The lowest BCUT2D eigenvalue weighted by molar-refractivity contribution is -0.114. The predicted molar refractivity (Wildman–Crippen MR) is 81.2 cm³/mol. The molecule has 20 heavy (non-hydrogen) atoms. The Labute approximate surface area is 121 Å². The van der Waals surface area contributed by atoms with E-state index in [9.17, 15) is 4.79 Å². The van der Waals surface area contributed by atoms with E-state index in [0.29, 0.717) is 13.2 Å². The second kappa shape index (κ2) is 10.3. The summed E-state index contributed by atoms with van der Waals surface area (Å²) in [5.74, 6) is 0.712. The molecule has 1 N–H and O–H groups in total. The molecule has 0 bridgehead atoms. The highest BCUT2D eigenvalue weighted by Crippen LogP contribution is 2.15. The van der Waals surface area contributed by atoms with Gasteiger partial charge in [0, 0.05) is 19.2 Å². The zero-order valence-corrected chi connectivity index (χ0v) is 12.5. The Morgan fingerprint density at radius 1 is 1.05 bits per heavy atom. The molecule has 0 unspecified atom stereocenters. The van der Waals surface area contributed by atoms with E-state index in [0.717, 1.165) is 24.5 Å². The van der Waals surface area contributed by atoms with Gasteiger partial charge < -0.3 is 14.8 Å². The maximum atomic E-state index is 10.9. The zero-order chi connectivity index (χ0) is 14.6. The third kappa shape index (κ3) is 7.79. The first kappa shape index (κ1) is 16.5. The van der Waals surface area contributed by atoms with E-state index < -0.39 is 0 Å². The van der Waals surface area contributed by atoms with Crippen LogP contribution in [0.15, 0.2) is 24.3 Å². The molecule has 0 radical (unpaired) electrons. The Balaban J connectivity index is 2.08. The van der Waals surface area contributed by atoms with E-state index >= 15 is 0 Å². The third-order valence-electron chi connectivity index (χ3n) is 2.81. The largest absolute Gasteiger partial charge is 0.491 e. The summed E-state index contributed by atoms with van der Waals surface area (Å²) < 4.78 is 11.1. The molecule has 0 aliphatic rings. The zero-order valence-electron chi connectivity index (χ0n) is 12.5. The number of hydrogen-bond donors (Lipinski definition) is 1. The van der Waals surface area contributed by atoms with Crippen molar-refractivity contribution in [2.24, 2.45) is 0 Å². The van der Waals surface area contributed by atoms with Gasteiger partial charge in [-0.15, -0.1) is 0 Å². The van der Waals surface area contributed by atoms with Crippen LogP contribution in [0.5, 0.6) is 5.75 Å². The van der Waals surface area contributed by atoms with Crippen LogP contribution in [0, 0.1) is 0 Å². The number of carbonyl (C=O) groups excluding carboxylic acids is 1. The fraction of sp³-hybridized carbons (Fsp3) is 0.562. The van der Waals surface area contributed by atoms with Gasteiger partial charge in [-0.05, 0) is 30.7 Å². The number of rotatable bonds is 10. The van der Waals surface area contributed by atoms with Gasteiger partial charge in [0.25, 0.3) is 0 Å². The van der Waals surface area contributed by atoms with Crippen LogP contribution in [-0.4, -0.2) is 25.7 Å². The van der Waals surface area contributed by atoms with E-state index in [-0.39, 0.29) is 5.91 Å². The number of hydrogen-bond acceptors (Lipinski definition) is 3. The highest BCUT2D eigenvalue weighted by Gasteiger charge is 1.97. The van der Waals surface area contributed by atoms with Crippen molar-refractivity contribution in [1.82, 2.24) is 0 Å². The van der Waals surface area contributed by atoms with Crippen LogP contribution >= 0.6 is 0 Å². The average molecular weight is 279 g/mol. The monoisotopic (exact) mass is 279 g/mol. The molecule has 0 aliphatic carbocycles. The van der Waals surface area contributed by atoms with E-state index in [1.807, 2.05) is 24.3 Å². The number of amides is 1. The van der Waals surface area contributed by atoms with E-state index in [1.165, 1.54) is 26.2 Å². The molecule has 4 nitrogen and oxygen atoms in total. The van der Waals surface area contributed by atoms with Gasteiger partial charge >= 0.3 is 0 Å². The SMILES string of the molecule is CCCCCCOCCOc1ccc(NC(C)=O)cc1. The summed E-state index contributed by atoms with van der Waals surface area (Å²) in [5, 5.41) is 2.71. The molecule has 4 heteroatoms. The van der Waals surface area contributed by atoms with Gasteiger partial charge in [0.05, 0.1) is 6.61 Å². The third-order valence-corrected chi connectivity index (χ3v) is 2.81. The van der Waals surface area contributed by atoms with Gasteiger partial charge in [-0.25, -0.2) is 0 Å². The molecule has 0 aliphatic heterocycles. The molecule has 0 saturated heterocycles. The minimum Gasteiger partial charge on any atom is -0.491 e. The van der Waals surface area contributed by atoms with Gasteiger partial charge in [0.15, 0.2) is 0 Å². The Hall–Kier alpha value is -1.55. The van der Waals surface area contributed by atoms with Crippen LogP contribution < -0.4 is 10.1 Å². The Kier molecular flexibility index (Phi) is 8.47. The lowest BCUT2D eigenvalue weighted by Crippen LogP contribution is -2.08. The average Bonchev–Trinajstić information content (AvgIpc) is 2.43. The maximum Gasteiger partial charge on any atom is 0.221 e. The van der Waals surface area contributed by atoms with Gasteiger partial charge in [0.2, 0.25) is 5.91 Å². The summed E-state index contributed by atoms with van der Waals surface area (Å²) in [6.07, 6.45) is 4.89. The molecule has 0 fully saturated rings. The predicted octanol–water partition coefficient (Wildman–Crippen LogP) is 3.62. The Morgan fingerprint density at radius 3 is 2.45 bits per heavy atom. The van der Waals surface area contributed by atoms with Crippen molar-refractivity contribution in [2.45, 2.75) is 39.5 Å². The Morgan fingerprint density at radius 2 is 1.80 bits per heavy atom. The van der Waals surface area contributed by atoms with Crippen LogP contribution in [0.25, 0.3) is 0 Å². The molecule has 0 saturated carbocycles. The fourth-order valence-electron chi connectivity index (χ4n) is 1.79. The van der Waals surface area contributed by atoms with Gasteiger partial charge in [-0.1, -0.05) is 26.2 Å². The second-order valence-electron chi connectivity index (χ2n) is 4.73. The van der Waals surface area contributed by atoms with Crippen molar-refractivity contribution >= 4 is 11.6 Å². The van der Waals surface area contributed by atoms with Crippen LogP contribution in [-0.2, 0) is 9.53 Å². The molecule has 112 valence electrons. The molecular weight excluding hydrogens is 254 g/mol. The topological polar surface area (TPSA) is 47.6 Å². The van der Waals surface area contributed by atoms with Crippen LogP contribution in [0.2, 0.25) is 0 Å². The summed E-state index contributed by atoms with van der Waals surface area (Å²) in [4.78, 5) is 10.9. The van der Waals surface area contributed by atoms with Crippen LogP contribution in [0.4, 0.5) is 5.69 Å². The smallest absolute Gasteiger partial charge is 0.221 e. The number of carbonyl (C=O) groups is 1. The molecule has 1 rings (SSSR count). The number of benzene rings is 1. The first-order valence-electron chi connectivity index (χ1n) is 7.30. The number of nitrogens with one attached hydrogen (secondary N) is 1. The molecule has 1 aromatic rings. The normalized spacial score (nSPS) is 10.3. The lowest BCUT2D eigenvalue weighted by Gasteiger charge is -2.08. The summed E-state index contributed by atoms with van der Waals surface area (Å²) in [6, 6.07) is 7.32. The van der Waals surface area contributed by atoms with E-state index in [1.54, 1.807) is 0 Å². The molecule has 0 aromatic heterocycles. The van der Waals surface area contributed by atoms with Crippen molar-refractivity contribution in [1.29, 1.82) is 0 Å².